The summed E-state index contributed by atoms with van der Waals surface area (Å²) < 4.78 is 5.69. The van der Waals surface area contributed by atoms with Crippen molar-refractivity contribution in [3.63, 3.8) is 0 Å². The maximum atomic E-state index is 6.43. The molecule has 20 heavy (non-hydrogen) atoms. The van der Waals surface area contributed by atoms with Gasteiger partial charge in [-0.25, -0.2) is 0 Å². The third-order valence-electron chi connectivity index (χ3n) is 4.33. The first-order chi connectivity index (χ1) is 9.61. The zero-order valence-corrected chi connectivity index (χ0v) is 13.0. The van der Waals surface area contributed by atoms with Crippen molar-refractivity contribution < 1.29 is 4.74 Å². The highest BCUT2D eigenvalue weighted by atomic mass is 16.5. The van der Waals surface area contributed by atoms with Crippen molar-refractivity contribution in [3.05, 3.63) is 29.8 Å². The first-order valence-corrected chi connectivity index (χ1v) is 7.83. The summed E-state index contributed by atoms with van der Waals surface area (Å²) in [6.07, 6.45) is 2.56. The van der Waals surface area contributed by atoms with Crippen molar-refractivity contribution in [2.45, 2.75) is 45.7 Å². The molecule has 112 valence electrons. The van der Waals surface area contributed by atoms with Gasteiger partial charge in [0.15, 0.2) is 0 Å². The second-order valence-electron chi connectivity index (χ2n) is 6.05. The van der Waals surface area contributed by atoms with E-state index in [1.54, 1.807) is 0 Å². The van der Waals surface area contributed by atoms with Crippen molar-refractivity contribution in [3.8, 4) is 5.75 Å². The highest BCUT2D eigenvalue weighted by Gasteiger charge is 2.25. The molecule has 1 saturated heterocycles. The highest BCUT2D eigenvalue weighted by Crippen LogP contribution is 2.27. The molecule has 2 N–H and O–H groups in total. The van der Waals surface area contributed by atoms with Crippen LogP contribution >= 0.6 is 0 Å². The van der Waals surface area contributed by atoms with Crippen molar-refractivity contribution in [1.82, 2.24) is 4.90 Å². The fourth-order valence-corrected chi connectivity index (χ4v) is 3.15. The number of hydrogen-bond acceptors (Lipinski definition) is 3. The van der Waals surface area contributed by atoms with Gasteiger partial charge in [0.2, 0.25) is 0 Å². The quantitative estimate of drug-likeness (QED) is 0.897. The zero-order valence-electron chi connectivity index (χ0n) is 13.0. The smallest absolute Gasteiger partial charge is 0.124 e. The lowest BCUT2D eigenvalue weighted by molar-refractivity contribution is 0.121. The Morgan fingerprint density at radius 3 is 2.80 bits per heavy atom. The van der Waals surface area contributed by atoms with Gasteiger partial charge < -0.3 is 10.5 Å². The Bertz CT molecular complexity index is 421. The van der Waals surface area contributed by atoms with Crippen LogP contribution < -0.4 is 10.5 Å². The van der Waals surface area contributed by atoms with Gasteiger partial charge in [0.05, 0.1) is 6.61 Å². The number of rotatable bonds is 5. The molecule has 1 aromatic carbocycles. The fraction of sp³-hybridized carbons (Fsp3) is 0.647. The van der Waals surface area contributed by atoms with Gasteiger partial charge in [0.1, 0.15) is 5.75 Å². The minimum atomic E-state index is 0.0219. The van der Waals surface area contributed by atoms with Gasteiger partial charge in [0.25, 0.3) is 0 Å². The molecule has 1 fully saturated rings. The average molecular weight is 276 g/mol. The van der Waals surface area contributed by atoms with Gasteiger partial charge in [-0.3, -0.25) is 4.90 Å². The molecule has 2 rings (SSSR count). The minimum Gasteiger partial charge on any atom is -0.494 e. The van der Waals surface area contributed by atoms with Crippen LogP contribution in [0.5, 0.6) is 5.75 Å². The predicted molar refractivity (Wildman–Crippen MR) is 84.0 cm³/mol. The van der Waals surface area contributed by atoms with Crippen molar-refractivity contribution in [2.24, 2.45) is 11.7 Å². The Kier molecular flexibility index (Phi) is 5.44. The van der Waals surface area contributed by atoms with Crippen LogP contribution in [0.15, 0.2) is 24.3 Å². The molecule has 1 heterocycles. The Labute approximate surface area is 123 Å². The molecule has 1 aliphatic rings. The summed E-state index contributed by atoms with van der Waals surface area (Å²) in [6.45, 7) is 9.43. The van der Waals surface area contributed by atoms with Crippen molar-refractivity contribution in [1.29, 1.82) is 0 Å². The number of piperidine rings is 1. The van der Waals surface area contributed by atoms with E-state index in [0.29, 0.717) is 12.6 Å². The lowest BCUT2D eigenvalue weighted by Crippen LogP contribution is -2.43. The van der Waals surface area contributed by atoms with Gasteiger partial charge in [-0.1, -0.05) is 25.1 Å². The lowest BCUT2D eigenvalue weighted by Gasteiger charge is -2.38. The summed E-state index contributed by atoms with van der Waals surface area (Å²) in [5, 5.41) is 0. The second kappa shape index (κ2) is 7.09. The summed E-state index contributed by atoms with van der Waals surface area (Å²) in [5.74, 6) is 1.77. The SMILES string of the molecule is CCOc1ccccc1C(N)CN1CCC(C)CC1C. The molecular formula is C17H28N2O. The number of benzene rings is 1. The first kappa shape index (κ1) is 15.3. The van der Waals surface area contributed by atoms with Crippen LogP contribution in [0.1, 0.15) is 45.2 Å². The Hall–Kier alpha value is -1.06. The van der Waals surface area contributed by atoms with Gasteiger partial charge in [0, 0.05) is 24.2 Å². The Morgan fingerprint density at radius 2 is 2.10 bits per heavy atom. The summed E-state index contributed by atoms with van der Waals surface area (Å²) in [6, 6.07) is 8.80. The number of para-hydroxylation sites is 1. The van der Waals surface area contributed by atoms with Crippen LogP contribution in [0.25, 0.3) is 0 Å². The molecular weight excluding hydrogens is 248 g/mol. The zero-order chi connectivity index (χ0) is 14.5. The molecule has 0 aliphatic carbocycles. The molecule has 3 heteroatoms. The van der Waals surface area contributed by atoms with Crippen LogP contribution in [0.3, 0.4) is 0 Å². The largest absolute Gasteiger partial charge is 0.494 e. The molecule has 0 aromatic heterocycles. The summed E-state index contributed by atoms with van der Waals surface area (Å²) in [5.41, 5.74) is 7.56. The van der Waals surface area contributed by atoms with Crippen LogP contribution in [-0.4, -0.2) is 30.6 Å². The topological polar surface area (TPSA) is 38.5 Å². The number of nitrogens with zero attached hydrogens (tertiary/aromatic N) is 1. The van der Waals surface area contributed by atoms with Crippen LogP contribution in [0, 0.1) is 5.92 Å². The van der Waals surface area contributed by atoms with E-state index < -0.39 is 0 Å². The molecule has 0 amide bonds. The van der Waals surface area contributed by atoms with Crippen molar-refractivity contribution >= 4 is 0 Å². The monoisotopic (exact) mass is 276 g/mol. The van der Waals surface area contributed by atoms with E-state index in [2.05, 4.69) is 24.8 Å². The molecule has 0 spiro atoms. The van der Waals surface area contributed by atoms with Crippen LogP contribution in [0.2, 0.25) is 0 Å². The molecule has 3 nitrogen and oxygen atoms in total. The van der Waals surface area contributed by atoms with E-state index >= 15 is 0 Å². The van der Waals surface area contributed by atoms with E-state index in [1.165, 1.54) is 12.8 Å². The highest BCUT2D eigenvalue weighted by molar-refractivity contribution is 5.36. The molecule has 1 aromatic rings. The molecule has 3 unspecified atom stereocenters. The normalized spacial score (nSPS) is 25.4. The molecule has 0 bridgehead atoms. The second-order valence-corrected chi connectivity index (χ2v) is 6.05. The molecule has 0 saturated carbocycles. The number of hydrogen-bond donors (Lipinski definition) is 1. The van der Waals surface area contributed by atoms with Gasteiger partial charge >= 0.3 is 0 Å². The summed E-state index contributed by atoms with van der Waals surface area (Å²) in [4.78, 5) is 2.52. The number of nitrogens with two attached hydrogens (primary N) is 1. The molecule has 1 aliphatic heterocycles. The minimum absolute atomic E-state index is 0.0219. The predicted octanol–water partition coefficient (Wildman–Crippen LogP) is 3.21. The number of likely N-dealkylation sites (tertiary alicyclic amines) is 1. The maximum Gasteiger partial charge on any atom is 0.124 e. The summed E-state index contributed by atoms with van der Waals surface area (Å²) >= 11 is 0. The van der Waals surface area contributed by atoms with E-state index in [-0.39, 0.29) is 6.04 Å². The van der Waals surface area contributed by atoms with E-state index in [0.717, 1.165) is 30.3 Å². The lowest BCUT2D eigenvalue weighted by atomic mass is 9.92. The van der Waals surface area contributed by atoms with Crippen LogP contribution in [0.4, 0.5) is 0 Å². The van der Waals surface area contributed by atoms with Gasteiger partial charge in [-0.2, -0.15) is 0 Å². The van der Waals surface area contributed by atoms with Gasteiger partial charge in [-0.05, 0) is 45.2 Å². The Morgan fingerprint density at radius 1 is 1.35 bits per heavy atom. The van der Waals surface area contributed by atoms with Crippen LogP contribution in [-0.2, 0) is 0 Å². The standard InChI is InChI=1S/C17H28N2O/c1-4-20-17-8-6-5-7-15(17)16(18)12-19-10-9-13(2)11-14(19)3/h5-8,13-14,16H,4,9-12,18H2,1-3H3. The number of ether oxygens (including phenoxy) is 1. The van der Waals surface area contributed by atoms with E-state index in [4.69, 9.17) is 10.5 Å². The van der Waals surface area contributed by atoms with E-state index in [1.807, 2.05) is 25.1 Å². The third kappa shape index (κ3) is 3.74. The van der Waals surface area contributed by atoms with E-state index in [9.17, 15) is 0 Å². The van der Waals surface area contributed by atoms with Gasteiger partial charge in [-0.15, -0.1) is 0 Å². The molecule has 0 radical (unpaired) electrons. The maximum absolute atomic E-state index is 6.43. The average Bonchev–Trinajstić information content (AvgIpc) is 2.43. The Balaban J connectivity index is 2.02. The fourth-order valence-electron chi connectivity index (χ4n) is 3.15. The molecule has 3 atom stereocenters. The van der Waals surface area contributed by atoms with Crippen molar-refractivity contribution in [2.75, 3.05) is 19.7 Å². The first-order valence-electron chi connectivity index (χ1n) is 7.83. The summed E-state index contributed by atoms with van der Waals surface area (Å²) in [7, 11) is 0. The third-order valence-corrected chi connectivity index (χ3v) is 4.33.